The van der Waals surface area contributed by atoms with Gasteiger partial charge in [-0.15, -0.1) is 0 Å². The number of benzene rings is 1. The molecule has 1 aliphatic heterocycles. The summed E-state index contributed by atoms with van der Waals surface area (Å²) in [6.45, 7) is 7.36. The minimum absolute atomic E-state index is 0.0935. The number of allylic oxidation sites excluding steroid dienone is 1. The van der Waals surface area contributed by atoms with E-state index in [-0.39, 0.29) is 17.4 Å². The SMILES string of the molecule is CCC(C)CC(=O)OC1=C[C@@H]2N(C)CC[C@]2(c2ccc(OC)c(C)c2)CC1. The van der Waals surface area contributed by atoms with Gasteiger partial charge >= 0.3 is 5.97 Å². The van der Waals surface area contributed by atoms with E-state index in [0.29, 0.717) is 12.3 Å². The van der Waals surface area contributed by atoms with Crippen molar-refractivity contribution >= 4 is 5.97 Å². The predicted octanol–water partition coefficient (Wildman–Crippen LogP) is 4.60. The van der Waals surface area contributed by atoms with Gasteiger partial charge in [-0.25, -0.2) is 0 Å². The third-order valence-electron chi connectivity index (χ3n) is 6.54. The number of hydrogen-bond acceptors (Lipinski definition) is 4. The van der Waals surface area contributed by atoms with E-state index < -0.39 is 0 Å². The highest BCUT2D eigenvalue weighted by Gasteiger charge is 2.48. The van der Waals surface area contributed by atoms with Crippen LogP contribution in [0.25, 0.3) is 0 Å². The van der Waals surface area contributed by atoms with Crippen molar-refractivity contribution in [2.75, 3.05) is 20.7 Å². The summed E-state index contributed by atoms with van der Waals surface area (Å²) >= 11 is 0. The highest BCUT2D eigenvalue weighted by atomic mass is 16.5. The molecule has 1 heterocycles. The number of nitrogens with zero attached hydrogens (tertiary/aromatic N) is 1. The number of methoxy groups -OCH3 is 1. The number of likely N-dealkylation sites (tertiary alicyclic amines) is 1. The van der Waals surface area contributed by atoms with Gasteiger partial charge in [-0.3, -0.25) is 9.69 Å². The molecule has 1 aromatic carbocycles. The van der Waals surface area contributed by atoms with Crippen molar-refractivity contribution in [3.8, 4) is 5.75 Å². The molecule has 0 aromatic heterocycles. The van der Waals surface area contributed by atoms with Crippen LogP contribution in [0.1, 0.15) is 57.1 Å². The Morgan fingerprint density at radius 1 is 1.37 bits per heavy atom. The number of carbonyl (C=O) groups excluding carboxylic acids is 1. The number of ether oxygens (including phenoxy) is 2. The average Bonchev–Trinajstić information content (AvgIpc) is 2.99. The zero-order chi connectivity index (χ0) is 19.6. The van der Waals surface area contributed by atoms with Crippen molar-refractivity contribution in [3.63, 3.8) is 0 Å². The number of esters is 1. The average molecular weight is 372 g/mol. The quantitative estimate of drug-likeness (QED) is 0.685. The minimum atomic E-state index is -0.0935. The van der Waals surface area contributed by atoms with Gasteiger partial charge in [0.05, 0.1) is 7.11 Å². The summed E-state index contributed by atoms with van der Waals surface area (Å²) in [5, 5.41) is 0. The fourth-order valence-corrected chi connectivity index (χ4v) is 4.60. The molecule has 0 bridgehead atoms. The first-order valence-corrected chi connectivity index (χ1v) is 10.2. The third-order valence-corrected chi connectivity index (χ3v) is 6.54. The first-order chi connectivity index (χ1) is 12.9. The summed E-state index contributed by atoms with van der Waals surface area (Å²) in [5.74, 6) is 2.06. The maximum atomic E-state index is 12.2. The van der Waals surface area contributed by atoms with E-state index in [1.807, 2.05) is 0 Å². The van der Waals surface area contributed by atoms with Crippen LogP contribution >= 0.6 is 0 Å². The summed E-state index contributed by atoms with van der Waals surface area (Å²) in [6.07, 6.45) is 6.66. The molecule has 27 heavy (non-hydrogen) atoms. The summed E-state index contributed by atoms with van der Waals surface area (Å²) in [4.78, 5) is 14.6. The lowest BCUT2D eigenvalue weighted by Gasteiger charge is -2.40. The molecule has 4 heteroatoms. The second-order valence-electron chi connectivity index (χ2n) is 8.34. The van der Waals surface area contributed by atoms with E-state index in [0.717, 1.165) is 43.7 Å². The molecule has 1 fully saturated rings. The topological polar surface area (TPSA) is 38.8 Å². The second kappa shape index (κ2) is 8.05. The molecule has 1 aromatic rings. The summed E-state index contributed by atoms with van der Waals surface area (Å²) in [7, 11) is 3.89. The lowest BCUT2D eigenvalue weighted by molar-refractivity contribution is -0.141. The molecule has 3 rings (SSSR count). The van der Waals surface area contributed by atoms with E-state index in [1.165, 1.54) is 11.1 Å². The Kier molecular flexibility index (Phi) is 5.95. The molecular weight excluding hydrogens is 338 g/mol. The third kappa shape index (κ3) is 3.91. The number of rotatable bonds is 6. The maximum absolute atomic E-state index is 12.2. The molecule has 4 nitrogen and oxygen atoms in total. The van der Waals surface area contributed by atoms with Crippen LogP contribution in [0.15, 0.2) is 30.0 Å². The van der Waals surface area contributed by atoms with Gasteiger partial charge in [0, 0.05) is 24.3 Å². The molecule has 0 saturated carbocycles. The minimum Gasteiger partial charge on any atom is -0.496 e. The number of hydrogen-bond donors (Lipinski definition) is 0. The molecule has 1 aliphatic carbocycles. The molecule has 1 unspecified atom stereocenters. The van der Waals surface area contributed by atoms with Gasteiger partial charge in [0.1, 0.15) is 11.5 Å². The summed E-state index contributed by atoms with van der Waals surface area (Å²) < 4.78 is 11.2. The second-order valence-corrected chi connectivity index (χ2v) is 8.34. The summed E-state index contributed by atoms with van der Waals surface area (Å²) in [5.41, 5.74) is 2.64. The van der Waals surface area contributed by atoms with Crippen molar-refractivity contribution in [3.05, 3.63) is 41.2 Å². The standard InChI is InChI=1S/C23H33NO3/c1-6-16(2)13-22(25)27-19-9-10-23(11-12-24(4)21(23)15-19)18-7-8-20(26-5)17(3)14-18/h7-8,14-16,21H,6,9-13H2,1-5H3/t16?,21-,23-/m0/s1. The van der Waals surface area contributed by atoms with Gasteiger partial charge in [0.15, 0.2) is 0 Å². The highest BCUT2D eigenvalue weighted by molar-refractivity contribution is 5.71. The molecule has 0 radical (unpaired) electrons. The van der Waals surface area contributed by atoms with Crippen molar-refractivity contribution < 1.29 is 14.3 Å². The molecule has 2 aliphatic rings. The fraction of sp³-hybridized carbons (Fsp3) is 0.609. The number of carbonyl (C=O) groups is 1. The van der Waals surface area contributed by atoms with Crippen LogP contribution in [-0.4, -0.2) is 37.6 Å². The van der Waals surface area contributed by atoms with Crippen LogP contribution in [0, 0.1) is 12.8 Å². The molecule has 0 amide bonds. The van der Waals surface area contributed by atoms with E-state index in [9.17, 15) is 4.79 Å². The van der Waals surface area contributed by atoms with Gasteiger partial charge in [-0.1, -0.05) is 32.4 Å². The zero-order valence-corrected chi connectivity index (χ0v) is 17.4. The molecule has 0 N–H and O–H groups in total. The van der Waals surface area contributed by atoms with Crippen LogP contribution < -0.4 is 4.74 Å². The van der Waals surface area contributed by atoms with E-state index >= 15 is 0 Å². The Balaban J connectivity index is 1.83. The lowest BCUT2D eigenvalue weighted by Crippen LogP contribution is -2.42. The van der Waals surface area contributed by atoms with Crippen molar-refractivity contribution in [2.24, 2.45) is 5.92 Å². The van der Waals surface area contributed by atoms with Crippen LogP contribution in [0.2, 0.25) is 0 Å². The number of aryl methyl sites for hydroxylation is 1. The Bertz CT molecular complexity index is 726. The van der Waals surface area contributed by atoms with Crippen LogP contribution in [-0.2, 0) is 14.9 Å². The first kappa shape index (κ1) is 19.9. The van der Waals surface area contributed by atoms with Gasteiger partial charge in [0.2, 0.25) is 0 Å². The molecule has 3 atom stereocenters. The molecule has 148 valence electrons. The van der Waals surface area contributed by atoms with E-state index in [1.54, 1.807) is 7.11 Å². The van der Waals surface area contributed by atoms with Gasteiger partial charge in [-0.05, 0) is 62.5 Å². The normalized spacial score (nSPS) is 26.3. The van der Waals surface area contributed by atoms with Crippen molar-refractivity contribution in [1.29, 1.82) is 0 Å². The molecule has 0 spiro atoms. The first-order valence-electron chi connectivity index (χ1n) is 10.2. The number of likely N-dealkylation sites (N-methyl/N-ethyl adjacent to an activating group) is 1. The molecular formula is C23H33NO3. The number of fused-ring (bicyclic) bond motifs is 1. The Labute approximate surface area is 163 Å². The van der Waals surface area contributed by atoms with Crippen molar-refractivity contribution in [2.45, 2.75) is 64.3 Å². The lowest BCUT2D eigenvalue weighted by atomic mass is 9.68. The van der Waals surface area contributed by atoms with Crippen molar-refractivity contribution in [1.82, 2.24) is 4.90 Å². The van der Waals surface area contributed by atoms with Gasteiger partial charge in [0.25, 0.3) is 0 Å². The Morgan fingerprint density at radius 2 is 2.15 bits per heavy atom. The van der Waals surface area contributed by atoms with Gasteiger partial charge < -0.3 is 9.47 Å². The zero-order valence-electron chi connectivity index (χ0n) is 17.4. The van der Waals surface area contributed by atoms with Crippen LogP contribution in [0.3, 0.4) is 0 Å². The Hall–Kier alpha value is -1.81. The highest BCUT2D eigenvalue weighted by Crippen LogP contribution is 2.48. The maximum Gasteiger partial charge on any atom is 0.311 e. The fourth-order valence-electron chi connectivity index (χ4n) is 4.60. The molecule has 1 saturated heterocycles. The summed E-state index contributed by atoms with van der Waals surface area (Å²) in [6, 6.07) is 6.84. The Morgan fingerprint density at radius 3 is 2.81 bits per heavy atom. The van der Waals surface area contributed by atoms with E-state index in [2.05, 4.69) is 57.0 Å². The monoisotopic (exact) mass is 371 g/mol. The largest absolute Gasteiger partial charge is 0.496 e. The van der Waals surface area contributed by atoms with Crippen LogP contribution in [0.5, 0.6) is 5.75 Å². The van der Waals surface area contributed by atoms with Gasteiger partial charge in [-0.2, -0.15) is 0 Å². The predicted molar refractivity (Wildman–Crippen MR) is 108 cm³/mol. The van der Waals surface area contributed by atoms with Crippen LogP contribution in [0.4, 0.5) is 0 Å². The smallest absolute Gasteiger partial charge is 0.311 e. The van der Waals surface area contributed by atoms with E-state index in [4.69, 9.17) is 9.47 Å².